The molecule has 0 radical (unpaired) electrons. The van der Waals surface area contributed by atoms with E-state index in [1.54, 1.807) is 26.0 Å². The molecule has 0 aliphatic heterocycles. The summed E-state index contributed by atoms with van der Waals surface area (Å²) in [4.78, 5) is 0. The number of rotatable bonds is 2. The van der Waals surface area contributed by atoms with Crippen LogP contribution in [-0.2, 0) is 0 Å². The molecule has 0 saturated carbocycles. The third-order valence-corrected chi connectivity index (χ3v) is 1.78. The van der Waals surface area contributed by atoms with Gasteiger partial charge in [-0.1, -0.05) is 0 Å². The molecule has 0 aromatic heterocycles. The maximum absolute atomic E-state index is 12.9. The average molecular weight is 190 g/mol. The normalized spacial score (nSPS) is 10.9. The zero-order chi connectivity index (χ0) is 10.6. The predicted octanol–water partition coefficient (Wildman–Crippen LogP) is 2.97. The van der Waals surface area contributed by atoms with Gasteiger partial charge in [0.05, 0.1) is 6.07 Å². The van der Waals surface area contributed by atoms with Crippen LogP contribution in [-0.4, -0.2) is 0 Å². The summed E-state index contributed by atoms with van der Waals surface area (Å²) >= 11 is 0. The largest absolute Gasteiger partial charge is 0.359 e. The Morgan fingerprint density at radius 2 is 2.29 bits per heavy atom. The Hall–Kier alpha value is -1.82. The van der Waals surface area contributed by atoms with Crippen LogP contribution in [0.3, 0.4) is 0 Å². The van der Waals surface area contributed by atoms with Crippen molar-refractivity contribution in [3.63, 3.8) is 0 Å². The summed E-state index contributed by atoms with van der Waals surface area (Å²) in [6, 6.07) is 6.65. The number of hydrogen-bond acceptors (Lipinski definition) is 2. The minimum atomic E-state index is -0.225. The van der Waals surface area contributed by atoms with Gasteiger partial charge in [0.1, 0.15) is 5.82 Å². The van der Waals surface area contributed by atoms with E-state index >= 15 is 0 Å². The molecule has 1 aromatic rings. The van der Waals surface area contributed by atoms with Gasteiger partial charge in [-0.25, -0.2) is 4.39 Å². The molecule has 0 amide bonds. The molecule has 1 aromatic carbocycles. The van der Waals surface area contributed by atoms with Gasteiger partial charge in [0.25, 0.3) is 0 Å². The Kier molecular flexibility index (Phi) is 3.24. The molecule has 1 N–H and O–H groups in total. The van der Waals surface area contributed by atoms with Crippen LogP contribution >= 0.6 is 0 Å². The second-order valence-corrected chi connectivity index (χ2v) is 3.05. The molecule has 2 nitrogen and oxygen atoms in total. The van der Waals surface area contributed by atoms with E-state index in [2.05, 4.69) is 5.32 Å². The van der Waals surface area contributed by atoms with Crippen LogP contribution in [0.15, 0.2) is 30.0 Å². The van der Waals surface area contributed by atoms with Gasteiger partial charge in [0, 0.05) is 17.5 Å². The third kappa shape index (κ3) is 2.60. The Labute approximate surface area is 82.7 Å². The summed E-state index contributed by atoms with van der Waals surface area (Å²) in [5.41, 5.74) is 2.10. The minimum Gasteiger partial charge on any atom is -0.359 e. The van der Waals surface area contributed by atoms with Gasteiger partial charge in [0.2, 0.25) is 0 Å². The van der Waals surface area contributed by atoms with Crippen molar-refractivity contribution < 1.29 is 4.39 Å². The van der Waals surface area contributed by atoms with E-state index in [-0.39, 0.29) is 5.82 Å². The van der Waals surface area contributed by atoms with Gasteiger partial charge >= 0.3 is 0 Å². The second-order valence-electron chi connectivity index (χ2n) is 3.05. The first-order chi connectivity index (χ1) is 6.63. The van der Waals surface area contributed by atoms with E-state index < -0.39 is 0 Å². The number of nitrogens with zero attached hydrogens (tertiary/aromatic N) is 1. The van der Waals surface area contributed by atoms with Gasteiger partial charge in [-0.15, -0.1) is 0 Å². The van der Waals surface area contributed by atoms with Crippen LogP contribution in [0.1, 0.15) is 12.5 Å². The van der Waals surface area contributed by atoms with Crippen LogP contribution in [0.4, 0.5) is 10.1 Å². The molecule has 0 unspecified atom stereocenters. The number of nitriles is 1. The van der Waals surface area contributed by atoms with Gasteiger partial charge in [0.15, 0.2) is 0 Å². The monoisotopic (exact) mass is 190 g/mol. The molecule has 0 bridgehead atoms. The number of halogens is 1. The molecule has 1 rings (SSSR count). The highest BCUT2D eigenvalue weighted by Gasteiger charge is 1.98. The molecule has 0 atom stereocenters. The molecule has 0 aliphatic rings. The molecule has 3 heteroatoms. The number of allylic oxidation sites excluding steroid dienone is 2. The highest BCUT2D eigenvalue weighted by atomic mass is 19.1. The van der Waals surface area contributed by atoms with E-state index in [0.29, 0.717) is 5.56 Å². The molecule has 0 heterocycles. The molecule has 0 saturated heterocycles. The fourth-order valence-corrected chi connectivity index (χ4v) is 1.08. The first-order valence-electron chi connectivity index (χ1n) is 4.23. The third-order valence-electron chi connectivity index (χ3n) is 1.78. The van der Waals surface area contributed by atoms with Crippen molar-refractivity contribution >= 4 is 5.69 Å². The molecular formula is C11H11FN2. The van der Waals surface area contributed by atoms with Gasteiger partial charge in [-0.2, -0.15) is 5.26 Å². The highest BCUT2D eigenvalue weighted by molar-refractivity contribution is 5.50. The minimum absolute atomic E-state index is 0.225. The Bertz CT molecular complexity index is 402. The maximum Gasteiger partial charge on any atom is 0.126 e. The van der Waals surface area contributed by atoms with Crippen molar-refractivity contribution in [1.82, 2.24) is 0 Å². The van der Waals surface area contributed by atoms with Gasteiger partial charge in [-0.05, 0) is 37.6 Å². The Balaban J connectivity index is 2.84. The van der Waals surface area contributed by atoms with Crippen molar-refractivity contribution in [2.45, 2.75) is 13.8 Å². The highest BCUT2D eigenvalue weighted by Crippen LogP contribution is 2.15. The summed E-state index contributed by atoms with van der Waals surface area (Å²) in [5, 5.41) is 11.4. The van der Waals surface area contributed by atoms with E-state index in [4.69, 9.17) is 5.26 Å². The fourth-order valence-electron chi connectivity index (χ4n) is 1.08. The lowest BCUT2D eigenvalue weighted by atomic mass is 10.2. The van der Waals surface area contributed by atoms with E-state index in [9.17, 15) is 4.39 Å². The van der Waals surface area contributed by atoms with Crippen molar-refractivity contribution in [2.75, 3.05) is 5.32 Å². The predicted molar refractivity (Wildman–Crippen MR) is 54.1 cm³/mol. The molecular weight excluding hydrogens is 179 g/mol. The number of benzene rings is 1. The maximum atomic E-state index is 12.9. The lowest BCUT2D eigenvalue weighted by Crippen LogP contribution is -1.96. The lowest BCUT2D eigenvalue weighted by molar-refractivity contribution is 0.619. The second kappa shape index (κ2) is 4.43. The number of hydrogen-bond donors (Lipinski definition) is 1. The van der Waals surface area contributed by atoms with Crippen LogP contribution in [0.25, 0.3) is 0 Å². The van der Waals surface area contributed by atoms with Crippen LogP contribution in [0.2, 0.25) is 0 Å². The summed E-state index contributed by atoms with van der Waals surface area (Å²) in [7, 11) is 0. The molecule has 72 valence electrons. The van der Waals surface area contributed by atoms with Crippen molar-refractivity contribution in [3.8, 4) is 6.07 Å². The van der Waals surface area contributed by atoms with Crippen molar-refractivity contribution in [3.05, 3.63) is 41.4 Å². The molecule has 0 aliphatic carbocycles. The van der Waals surface area contributed by atoms with Crippen LogP contribution in [0.5, 0.6) is 0 Å². The summed E-state index contributed by atoms with van der Waals surface area (Å²) < 4.78 is 12.9. The fraction of sp³-hybridized carbons (Fsp3) is 0.182. The Morgan fingerprint density at radius 1 is 1.57 bits per heavy atom. The van der Waals surface area contributed by atoms with Gasteiger partial charge < -0.3 is 5.32 Å². The standard InChI is InChI=1S/C11H11FN2/c1-8-7-10(3-4-11(8)12)14-9(2)5-6-13/h3-5,7,14H,1-2H3. The van der Waals surface area contributed by atoms with E-state index in [1.165, 1.54) is 12.1 Å². The summed E-state index contributed by atoms with van der Waals surface area (Å²) in [6.45, 7) is 3.48. The molecule has 14 heavy (non-hydrogen) atoms. The van der Waals surface area contributed by atoms with Crippen molar-refractivity contribution in [2.24, 2.45) is 0 Å². The number of nitrogens with one attached hydrogen (secondary N) is 1. The quantitative estimate of drug-likeness (QED) is 0.728. The zero-order valence-electron chi connectivity index (χ0n) is 8.13. The Morgan fingerprint density at radius 3 is 2.86 bits per heavy atom. The number of aryl methyl sites for hydroxylation is 1. The summed E-state index contributed by atoms with van der Waals surface area (Å²) in [5.74, 6) is -0.225. The smallest absolute Gasteiger partial charge is 0.126 e. The van der Waals surface area contributed by atoms with Crippen LogP contribution in [0, 0.1) is 24.1 Å². The van der Waals surface area contributed by atoms with Crippen molar-refractivity contribution in [1.29, 1.82) is 5.26 Å². The summed E-state index contributed by atoms with van der Waals surface area (Å²) in [6.07, 6.45) is 1.40. The zero-order valence-corrected chi connectivity index (χ0v) is 8.13. The van der Waals surface area contributed by atoms with Gasteiger partial charge in [-0.3, -0.25) is 0 Å². The first-order valence-corrected chi connectivity index (χ1v) is 4.23. The van der Waals surface area contributed by atoms with E-state index in [1.807, 2.05) is 6.07 Å². The molecule has 0 spiro atoms. The lowest BCUT2D eigenvalue weighted by Gasteiger charge is -2.06. The average Bonchev–Trinajstić information content (AvgIpc) is 2.12. The number of anilines is 1. The topological polar surface area (TPSA) is 35.8 Å². The first kappa shape index (κ1) is 10.3. The SMILES string of the molecule is CC(=CC#N)Nc1ccc(F)c(C)c1. The molecule has 0 fully saturated rings. The van der Waals surface area contributed by atoms with E-state index in [0.717, 1.165) is 11.4 Å². The van der Waals surface area contributed by atoms with Crippen LogP contribution < -0.4 is 5.32 Å².